The number of aromatic nitrogens is 4. The van der Waals surface area contributed by atoms with E-state index in [0.717, 1.165) is 17.0 Å². The number of anilines is 2. The molecule has 1 aliphatic rings. The van der Waals surface area contributed by atoms with E-state index in [9.17, 15) is 45.1 Å². The Balaban J connectivity index is 1.65. The van der Waals surface area contributed by atoms with Gasteiger partial charge in [-0.25, -0.2) is 27.6 Å². The van der Waals surface area contributed by atoms with Crippen molar-refractivity contribution in [2.45, 2.75) is 44.9 Å². The second kappa shape index (κ2) is 12.3. The Kier molecular flexibility index (Phi) is 9.08. The zero-order chi connectivity index (χ0) is 31.7. The SMILES string of the molecule is CC(C)n1c(=O)c(-c2ccc(NS(=O)(=O)CCC(F)(F)F)c(F)c2)nc2cnc(N[C@H]3C[C@@H](CF)CN(C(=O)O)C3)nc21. The molecular weight excluding hydrogens is 605 g/mol. The molecule has 1 aliphatic heterocycles. The molecule has 0 saturated carbocycles. The van der Waals surface area contributed by atoms with Gasteiger partial charge in [-0.05, 0) is 32.4 Å². The molecule has 4 rings (SSSR count). The maximum Gasteiger partial charge on any atom is 0.407 e. The average molecular weight is 634 g/mol. The number of alkyl halides is 4. The van der Waals surface area contributed by atoms with Crippen LogP contribution in [0.15, 0.2) is 29.2 Å². The number of nitrogens with zero attached hydrogens (tertiary/aromatic N) is 5. The van der Waals surface area contributed by atoms with Crippen LogP contribution in [-0.2, 0) is 10.0 Å². The minimum atomic E-state index is -4.72. The third-order valence-corrected chi connectivity index (χ3v) is 7.94. The summed E-state index contributed by atoms with van der Waals surface area (Å²) < 4.78 is 92.6. The molecule has 3 aromatic rings. The summed E-state index contributed by atoms with van der Waals surface area (Å²) in [5, 5.41) is 12.4. The van der Waals surface area contributed by atoms with Crippen molar-refractivity contribution in [3.05, 3.63) is 40.6 Å². The summed E-state index contributed by atoms with van der Waals surface area (Å²) in [6.45, 7) is 2.81. The summed E-state index contributed by atoms with van der Waals surface area (Å²) >= 11 is 0. The van der Waals surface area contributed by atoms with Crippen LogP contribution in [0, 0.1) is 11.7 Å². The molecule has 0 bridgehead atoms. The van der Waals surface area contributed by atoms with Crippen molar-refractivity contribution in [1.29, 1.82) is 0 Å². The number of amides is 1. The first-order valence-electron chi connectivity index (χ1n) is 13.0. The van der Waals surface area contributed by atoms with Crippen LogP contribution in [0.5, 0.6) is 0 Å². The molecule has 3 N–H and O–H groups in total. The van der Waals surface area contributed by atoms with E-state index in [0.29, 0.717) is 6.42 Å². The van der Waals surface area contributed by atoms with Gasteiger partial charge >= 0.3 is 12.3 Å². The van der Waals surface area contributed by atoms with Crippen LogP contribution in [0.3, 0.4) is 0 Å². The van der Waals surface area contributed by atoms with Crippen LogP contribution >= 0.6 is 0 Å². The van der Waals surface area contributed by atoms with Crippen molar-refractivity contribution in [2.24, 2.45) is 5.92 Å². The van der Waals surface area contributed by atoms with E-state index in [1.807, 2.05) is 0 Å². The molecule has 1 amide bonds. The van der Waals surface area contributed by atoms with Crippen molar-refractivity contribution < 1.29 is 40.3 Å². The van der Waals surface area contributed by atoms with Gasteiger partial charge < -0.3 is 15.3 Å². The lowest BCUT2D eigenvalue weighted by Crippen LogP contribution is -2.49. The molecule has 1 aromatic carbocycles. The van der Waals surface area contributed by atoms with Gasteiger partial charge in [0, 0.05) is 36.7 Å². The Morgan fingerprint density at radius 3 is 2.53 bits per heavy atom. The van der Waals surface area contributed by atoms with E-state index in [1.165, 1.54) is 16.8 Å². The van der Waals surface area contributed by atoms with Crippen LogP contribution in [0.4, 0.5) is 38.4 Å². The van der Waals surface area contributed by atoms with Gasteiger partial charge in [0.15, 0.2) is 5.65 Å². The normalized spacial score (nSPS) is 17.8. The van der Waals surface area contributed by atoms with Crippen molar-refractivity contribution in [2.75, 3.05) is 35.6 Å². The summed E-state index contributed by atoms with van der Waals surface area (Å²) in [5.74, 6) is -2.90. The monoisotopic (exact) mass is 633 g/mol. The van der Waals surface area contributed by atoms with E-state index < -0.39 is 76.2 Å². The van der Waals surface area contributed by atoms with Gasteiger partial charge in [-0.3, -0.25) is 18.5 Å². The second-order valence-corrected chi connectivity index (χ2v) is 12.2. The molecule has 1 fully saturated rings. The molecule has 3 heterocycles. The number of hydrogen-bond donors (Lipinski definition) is 3. The number of nitrogens with one attached hydrogen (secondary N) is 2. The molecule has 234 valence electrons. The molecule has 12 nitrogen and oxygen atoms in total. The Hall–Kier alpha value is -4.09. The van der Waals surface area contributed by atoms with E-state index in [1.54, 1.807) is 18.6 Å². The predicted molar refractivity (Wildman–Crippen MR) is 147 cm³/mol. The van der Waals surface area contributed by atoms with Crippen molar-refractivity contribution in [3.63, 3.8) is 0 Å². The third-order valence-electron chi connectivity index (χ3n) is 6.67. The highest BCUT2D eigenvalue weighted by Crippen LogP contribution is 2.26. The highest BCUT2D eigenvalue weighted by molar-refractivity contribution is 7.92. The number of piperidine rings is 1. The molecule has 2 atom stereocenters. The van der Waals surface area contributed by atoms with Crippen LogP contribution in [0.25, 0.3) is 22.4 Å². The summed E-state index contributed by atoms with van der Waals surface area (Å²) in [4.78, 5) is 38.9. The van der Waals surface area contributed by atoms with Gasteiger partial charge in [0.05, 0.1) is 30.7 Å². The standard InChI is InChI=1S/C25H28F5N7O5S/c1-13(2)37-21-19(10-31-23(34-21)32-16-7-14(9-26)11-36(12-16)24(39)40)33-20(22(37)38)15-3-4-18(17(27)8-15)35-43(41,42)6-5-25(28,29)30/h3-4,8,10,13-14,16,35H,5-7,9,11-12H2,1-2H3,(H,39,40)(H,31,32,34)/t14-,16-/m0/s1. The summed E-state index contributed by atoms with van der Waals surface area (Å²) in [6.07, 6.45) is -5.88. The molecule has 0 spiro atoms. The first-order valence-corrected chi connectivity index (χ1v) is 14.7. The van der Waals surface area contributed by atoms with Crippen molar-refractivity contribution >= 4 is 38.9 Å². The molecule has 1 saturated heterocycles. The highest BCUT2D eigenvalue weighted by atomic mass is 32.2. The van der Waals surface area contributed by atoms with Crippen LogP contribution in [0.2, 0.25) is 0 Å². The quantitative estimate of drug-likeness (QED) is 0.296. The maximum atomic E-state index is 14.9. The molecule has 0 unspecified atom stereocenters. The fraction of sp³-hybridized carbons (Fsp3) is 0.480. The number of benzene rings is 1. The zero-order valence-corrected chi connectivity index (χ0v) is 23.7. The lowest BCUT2D eigenvalue weighted by Gasteiger charge is -2.35. The average Bonchev–Trinajstić information content (AvgIpc) is 2.92. The van der Waals surface area contributed by atoms with Gasteiger partial charge in [-0.2, -0.15) is 18.2 Å². The molecule has 18 heteroatoms. The van der Waals surface area contributed by atoms with Crippen LogP contribution in [0.1, 0.15) is 32.7 Å². The smallest absolute Gasteiger partial charge is 0.407 e. The minimum Gasteiger partial charge on any atom is -0.465 e. The lowest BCUT2D eigenvalue weighted by molar-refractivity contribution is -0.129. The Morgan fingerprint density at radius 1 is 1.21 bits per heavy atom. The number of carboxylic acid groups (broad SMARTS) is 1. The number of sulfonamides is 1. The summed E-state index contributed by atoms with van der Waals surface area (Å²) in [5.41, 5.74) is -1.27. The largest absolute Gasteiger partial charge is 0.465 e. The summed E-state index contributed by atoms with van der Waals surface area (Å²) in [7, 11) is -4.51. The maximum absolute atomic E-state index is 14.9. The van der Waals surface area contributed by atoms with Gasteiger partial charge in [0.2, 0.25) is 16.0 Å². The fourth-order valence-corrected chi connectivity index (χ4v) is 5.81. The number of halogens is 5. The van der Waals surface area contributed by atoms with Crippen molar-refractivity contribution in [3.8, 4) is 11.3 Å². The number of likely N-dealkylation sites (tertiary alicyclic amines) is 1. The number of carbonyl (C=O) groups is 1. The van der Waals surface area contributed by atoms with Crippen LogP contribution in [-0.4, -0.2) is 81.8 Å². The van der Waals surface area contributed by atoms with Gasteiger partial charge in [0.25, 0.3) is 5.56 Å². The van der Waals surface area contributed by atoms with E-state index in [4.69, 9.17) is 0 Å². The first kappa shape index (κ1) is 31.8. The molecule has 2 aromatic heterocycles. The minimum absolute atomic E-state index is 0.0347. The molecule has 43 heavy (non-hydrogen) atoms. The van der Waals surface area contributed by atoms with E-state index in [2.05, 4.69) is 20.3 Å². The predicted octanol–water partition coefficient (Wildman–Crippen LogP) is 4.02. The van der Waals surface area contributed by atoms with Crippen molar-refractivity contribution in [1.82, 2.24) is 24.4 Å². The van der Waals surface area contributed by atoms with Gasteiger partial charge in [-0.15, -0.1) is 0 Å². The number of rotatable bonds is 9. The third kappa shape index (κ3) is 7.66. The van der Waals surface area contributed by atoms with Gasteiger partial charge in [0.1, 0.15) is 17.0 Å². The molecular formula is C25H28F5N7O5S. The Bertz CT molecular complexity index is 1680. The molecule has 0 radical (unpaired) electrons. The van der Waals surface area contributed by atoms with Crippen LogP contribution < -0.4 is 15.6 Å². The zero-order valence-electron chi connectivity index (χ0n) is 22.9. The fourth-order valence-electron chi connectivity index (χ4n) is 4.71. The number of fused-ring (bicyclic) bond motifs is 1. The van der Waals surface area contributed by atoms with Gasteiger partial charge in [-0.1, -0.05) is 6.07 Å². The molecule has 0 aliphatic carbocycles. The highest BCUT2D eigenvalue weighted by Gasteiger charge is 2.31. The lowest BCUT2D eigenvalue weighted by atomic mass is 9.95. The Morgan fingerprint density at radius 2 is 1.93 bits per heavy atom. The second-order valence-electron chi connectivity index (χ2n) is 10.4. The summed E-state index contributed by atoms with van der Waals surface area (Å²) in [6, 6.07) is 2.02. The Labute approximate surface area is 242 Å². The van der Waals surface area contributed by atoms with E-state index >= 15 is 0 Å². The van der Waals surface area contributed by atoms with E-state index in [-0.39, 0.29) is 41.5 Å². The first-order chi connectivity index (χ1) is 20.1. The number of hydrogen-bond acceptors (Lipinski definition) is 8. The topological polar surface area (TPSA) is 159 Å².